The molecule has 2 saturated carbocycles. The third-order valence-electron chi connectivity index (χ3n) is 7.67. The molecular weight excluding hydrogens is 388 g/mol. The van der Waals surface area contributed by atoms with Crippen molar-refractivity contribution < 1.29 is 19.4 Å². The van der Waals surface area contributed by atoms with Gasteiger partial charge < -0.3 is 14.6 Å². The molecule has 5 rings (SSSR count). The number of ether oxygens (including phenoxy) is 2. The fourth-order valence-corrected chi connectivity index (χ4v) is 6.26. The van der Waals surface area contributed by atoms with Crippen LogP contribution in [0.25, 0.3) is 11.1 Å². The Morgan fingerprint density at radius 1 is 0.806 bits per heavy atom. The zero-order valence-corrected chi connectivity index (χ0v) is 18.1. The van der Waals surface area contributed by atoms with Crippen molar-refractivity contribution in [2.75, 3.05) is 0 Å². The van der Waals surface area contributed by atoms with Gasteiger partial charge in [0.15, 0.2) is 0 Å². The molecule has 0 aromatic heterocycles. The van der Waals surface area contributed by atoms with Crippen molar-refractivity contribution in [2.24, 2.45) is 11.8 Å². The van der Waals surface area contributed by atoms with Crippen LogP contribution in [0, 0.1) is 11.8 Å². The molecule has 0 amide bonds. The van der Waals surface area contributed by atoms with Crippen molar-refractivity contribution >= 4 is 5.97 Å². The summed E-state index contributed by atoms with van der Waals surface area (Å²) in [5.41, 5.74) is 2.79. The van der Waals surface area contributed by atoms with Crippen LogP contribution in [0.5, 0.6) is 5.75 Å². The molecule has 0 radical (unpaired) electrons. The third kappa shape index (κ3) is 3.76. The first kappa shape index (κ1) is 20.6. The zero-order chi connectivity index (χ0) is 21.3. The van der Waals surface area contributed by atoms with Crippen LogP contribution in [0.4, 0.5) is 0 Å². The Bertz CT molecular complexity index is 892. The van der Waals surface area contributed by atoms with Crippen LogP contribution in [0.2, 0.25) is 0 Å². The van der Waals surface area contributed by atoms with Crippen LogP contribution in [-0.4, -0.2) is 17.4 Å². The van der Waals surface area contributed by atoms with E-state index in [1.54, 1.807) is 0 Å². The average Bonchev–Trinajstić information content (AvgIpc) is 2.84. The highest BCUT2D eigenvalue weighted by Gasteiger charge is 2.54. The van der Waals surface area contributed by atoms with Crippen molar-refractivity contribution in [2.45, 2.75) is 76.1 Å². The Morgan fingerprint density at radius 2 is 1.42 bits per heavy atom. The van der Waals surface area contributed by atoms with Gasteiger partial charge in [0.05, 0.1) is 0 Å². The lowest BCUT2D eigenvalue weighted by molar-refractivity contribution is -0.252. The SMILES string of the molecule is O=C(O)C1Oc2ccc(-c3ccccc3)cc2C(C2CCCCC2)(C2CCCCC2)O1. The van der Waals surface area contributed by atoms with E-state index in [9.17, 15) is 9.90 Å². The second-order valence-corrected chi connectivity index (χ2v) is 9.45. The van der Waals surface area contributed by atoms with Gasteiger partial charge in [-0.2, -0.15) is 0 Å². The smallest absolute Gasteiger partial charge is 0.373 e. The third-order valence-corrected chi connectivity index (χ3v) is 7.67. The minimum absolute atomic E-state index is 0.333. The summed E-state index contributed by atoms with van der Waals surface area (Å²) in [5, 5.41) is 9.88. The lowest BCUT2D eigenvalue weighted by Crippen LogP contribution is -2.54. The van der Waals surface area contributed by atoms with Gasteiger partial charge in [0.2, 0.25) is 0 Å². The summed E-state index contributed by atoms with van der Waals surface area (Å²) in [5.74, 6) is 0.322. The Labute approximate surface area is 184 Å². The molecule has 1 N–H and O–H groups in total. The van der Waals surface area contributed by atoms with E-state index in [2.05, 4.69) is 30.3 Å². The van der Waals surface area contributed by atoms with Gasteiger partial charge in [0.25, 0.3) is 6.29 Å². The number of hydrogen-bond donors (Lipinski definition) is 1. The van der Waals surface area contributed by atoms with Gasteiger partial charge in [-0.3, -0.25) is 0 Å². The molecule has 0 saturated heterocycles. The standard InChI is InChI=1S/C27H32O4/c28-25(29)26-30-24-17-16-20(19-10-4-1-5-11-19)18-23(24)27(31-26,21-12-6-2-7-13-21)22-14-8-3-9-15-22/h1,4-5,10-11,16-18,21-22,26H,2-3,6-9,12-15H2,(H,28,29). The molecule has 2 fully saturated rings. The Morgan fingerprint density at radius 3 is 2.00 bits per heavy atom. The molecule has 31 heavy (non-hydrogen) atoms. The van der Waals surface area contributed by atoms with E-state index in [-0.39, 0.29) is 0 Å². The van der Waals surface area contributed by atoms with E-state index in [4.69, 9.17) is 9.47 Å². The summed E-state index contributed by atoms with van der Waals surface area (Å²) in [6.45, 7) is 0. The van der Waals surface area contributed by atoms with Gasteiger partial charge in [-0.15, -0.1) is 0 Å². The van der Waals surface area contributed by atoms with E-state index in [0.29, 0.717) is 17.6 Å². The van der Waals surface area contributed by atoms with Gasteiger partial charge in [-0.05, 0) is 60.8 Å². The molecule has 1 heterocycles. The normalized spacial score (nSPS) is 24.2. The van der Waals surface area contributed by atoms with Crippen LogP contribution < -0.4 is 4.74 Å². The highest BCUT2D eigenvalue weighted by Crippen LogP contribution is 2.56. The largest absolute Gasteiger partial charge is 0.477 e. The highest BCUT2D eigenvalue weighted by molar-refractivity contribution is 5.73. The fraction of sp³-hybridized carbons (Fsp3) is 0.519. The number of hydrogen-bond acceptors (Lipinski definition) is 3. The van der Waals surface area contributed by atoms with E-state index in [1.807, 2.05) is 18.2 Å². The minimum atomic E-state index is -1.24. The molecule has 164 valence electrons. The van der Waals surface area contributed by atoms with Crippen molar-refractivity contribution in [1.82, 2.24) is 0 Å². The van der Waals surface area contributed by atoms with Gasteiger partial charge in [-0.25, -0.2) is 4.79 Å². The molecule has 0 spiro atoms. The number of rotatable bonds is 4. The lowest BCUT2D eigenvalue weighted by atomic mass is 9.62. The summed E-state index contributed by atoms with van der Waals surface area (Å²) in [6.07, 6.45) is 10.4. The number of aliphatic carboxylic acids is 1. The first-order valence-electron chi connectivity index (χ1n) is 12.0. The van der Waals surface area contributed by atoms with E-state index in [0.717, 1.165) is 42.4 Å². The van der Waals surface area contributed by atoms with Crippen LogP contribution in [0.15, 0.2) is 48.5 Å². The first-order chi connectivity index (χ1) is 15.2. The van der Waals surface area contributed by atoms with Crippen molar-refractivity contribution in [3.05, 3.63) is 54.1 Å². The molecule has 1 atom stereocenters. The highest BCUT2D eigenvalue weighted by atomic mass is 16.7. The average molecular weight is 421 g/mol. The Hall–Kier alpha value is -2.33. The Balaban J connectivity index is 1.68. The summed E-state index contributed by atoms with van der Waals surface area (Å²) in [7, 11) is 0. The Kier molecular flexibility index (Phi) is 5.75. The molecule has 1 aliphatic heterocycles. The van der Waals surface area contributed by atoms with Gasteiger partial charge in [0.1, 0.15) is 11.4 Å². The second kappa shape index (κ2) is 8.66. The summed E-state index contributed by atoms with van der Waals surface area (Å²) in [4.78, 5) is 12.1. The van der Waals surface area contributed by atoms with Crippen molar-refractivity contribution in [3.63, 3.8) is 0 Å². The van der Waals surface area contributed by atoms with Crippen LogP contribution in [0.1, 0.15) is 69.8 Å². The number of carboxylic acid groups (broad SMARTS) is 1. The zero-order valence-electron chi connectivity index (χ0n) is 18.1. The van der Waals surface area contributed by atoms with Crippen molar-refractivity contribution in [3.8, 4) is 16.9 Å². The molecule has 4 nitrogen and oxygen atoms in total. The van der Waals surface area contributed by atoms with Crippen molar-refractivity contribution in [1.29, 1.82) is 0 Å². The van der Waals surface area contributed by atoms with Crippen LogP contribution in [-0.2, 0) is 15.1 Å². The minimum Gasteiger partial charge on any atom is -0.477 e. The number of carbonyl (C=O) groups is 1. The molecule has 4 heteroatoms. The summed E-state index contributed by atoms with van der Waals surface area (Å²) in [6, 6.07) is 16.6. The maximum Gasteiger partial charge on any atom is 0.373 e. The molecule has 2 aromatic rings. The number of benzene rings is 2. The maximum absolute atomic E-state index is 12.1. The first-order valence-corrected chi connectivity index (χ1v) is 12.0. The van der Waals surface area contributed by atoms with E-state index < -0.39 is 17.9 Å². The van der Waals surface area contributed by atoms with Gasteiger partial charge in [-0.1, -0.05) is 74.9 Å². The van der Waals surface area contributed by atoms with Crippen LogP contribution in [0.3, 0.4) is 0 Å². The van der Waals surface area contributed by atoms with Gasteiger partial charge in [0, 0.05) is 5.56 Å². The lowest BCUT2D eigenvalue weighted by Gasteiger charge is -2.52. The second-order valence-electron chi connectivity index (χ2n) is 9.45. The molecule has 1 unspecified atom stereocenters. The number of carboxylic acids is 1. The predicted molar refractivity (Wildman–Crippen MR) is 120 cm³/mol. The summed E-state index contributed by atoms with van der Waals surface area (Å²) >= 11 is 0. The molecule has 0 bridgehead atoms. The number of fused-ring (bicyclic) bond motifs is 1. The molecule has 2 aromatic carbocycles. The predicted octanol–water partition coefficient (Wildman–Crippen LogP) is 6.53. The van der Waals surface area contributed by atoms with Crippen LogP contribution >= 0.6 is 0 Å². The molecule has 3 aliphatic rings. The quantitative estimate of drug-likeness (QED) is 0.611. The van der Waals surface area contributed by atoms with E-state index in [1.165, 1.54) is 38.5 Å². The monoisotopic (exact) mass is 420 g/mol. The fourth-order valence-electron chi connectivity index (χ4n) is 6.26. The molecular formula is C27H32O4. The van der Waals surface area contributed by atoms with Gasteiger partial charge >= 0.3 is 5.97 Å². The van der Waals surface area contributed by atoms with E-state index >= 15 is 0 Å². The topological polar surface area (TPSA) is 55.8 Å². The molecule has 2 aliphatic carbocycles. The maximum atomic E-state index is 12.1. The summed E-state index contributed by atoms with van der Waals surface area (Å²) < 4.78 is 12.5.